The summed E-state index contributed by atoms with van der Waals surface area (Å²) in [6.45, 7) is 1.47. The van der Waals surface area contributed by atoms with Gasteiger partial charge in [0.1, 0.15) is 6.61 Å². The topological polar surface area (TPSA) is 75.4 Å². The first kappa shape index (κ1) is 14.2. The number of alkyl halides is 2. The van der Waals surface area contributed by atoms with Gasteiger partial charge >= 0.3 is 0 Å². The van der Waals surface area contributed by atoms with Gasteiger partial charge in [0.15, 0.2) is 0 Å². The van der Waals surface area contributed by atoms with E-state index in [0.717, 1.165) is 0 Å². The molecule has 90 valence electrons. The fourth-order valence-corrected chi connectivity index (χ4v) is 0.903. The van der Waals surface area contributed by atoms with Gasteiger partial charge in [0.05, 0.1) is 12.6 Å². The number of aliphatic hydroxyl groups excluding tert-OH is 1. The smallest absolute Gasteiger partial charge is 0.287 e. The minimum Gasteiger partial charge on any atom is -0.390 e. The Labute approximate surface area is 87.8 Å². The van der Waals surface area contributed by atoms with Gasteiger partial charge in [-0.1, -0.05) is 20.3 Å². The van der Waals surface area contributed by atoms with Crippen LogP contribution in [-0.2, 0) is 4.79 Å². The number of hydrogen-bond acceptors (Lipinski definition) is 3. The van der Waals surface area contributed by atoms with E-state index in [9.17, 15) is 13.6 Å². The van der Waals surface area contributed by atoms with Gasteiger partial charge in [-0.3, -0.25) is 4.79 Å². The van der Waals surface area contributed by atoms with Crippen LogP contribution in [0.25, 0.3) is 0 Å². The van der Waals surface area contributed by atoms with Crippen LogP contribution in [0.4, 0.5) is 8.78 Å². The summed E-state index contributed by atoms with van der Waals surface area (Å²) in [5.41, 5.74) is 5.52. The molecule has 0 aliphatic heterocycles. The molecule has 0 rings (SSSR count). The van der Waals surface area contributed by atoms with Gasteiger partial charge in [-0.15, -0.1) is 0 Å². The molecule has 0 aromatic rings. The number of halogens is 2. The third-order valence-electron chi connectivity index (χ3n) is 2.31. The van der Waals surface area contributed by atoms with Gasteiger partial charge in [-0.25, -0.2) is 8.78 Å². The van der Waals surface area contributed by atoms with E-state index in [2.05, 4.69) is 0 Å². The van der Waals surface area contributed by atoms with E-state index in [1.54, 1.807) is 6.92 Å². The predicted molar refractivity (Wildman–Crippen MR) is 52.5 cm³/mol. The van der Waals surface area contributed by atoms with E-state index in [4.69, 9.17) is 10.8 Å². The number of amides is 1. The molecule has 0 bridgehead atoms. The second kappa shape index (κ2) is 5.97. The first-order valence-electron chi connectivity index (χ1n) is 4.86. The summed E-state index contributed by atoms with van der Waals surface area (Å²) in [4.78, 5) is 11.3. The molecule has 2 unspecified atom stereocenters. The molecule has 4 N–H and O–H groups in total. The maximum atomic E-state index is 12.6. The van der Waals surface area contributed by atoms with Gasteiger partial charge < -0.3 is 16.2 Å². The van der Waals surface area contributed by atoms with Crippen LogP contribution in [-0.4, -0.2) is 36.1 Å². The first-order chi connectivity index (χ1) is 6.84. The Morgan fingerprint density at radius 3 is 2.53 bits per heavy atom. The molecule has 1 amide bonds. The molecule has 4 nitrogen and oxygen atoms in total. The Bertz CT molecular complexity index is 212. The normalized spacial score (nSPS) is 15.9. The van der Waals surface area contributed by atoms with Crippen LogP contribution in [0.2, 0.25) is 0 Å². The van der Waals surface area contributed by atoms with E-state index < -0.39 is 31.0 Å². The number of aliphatic hydroxyl groups is 1. The molecule has 0 fully saturated rings. The van der Waals surface area contributed by atoms with Gasteiger partial charge in [0.2, 0.25) is 5.91 Å². The maximum absolute atomic E-state index is 12.6. The fraction of sp³-hybridized carbons (Fsp3) is 0.889. The molecule has 2 atom stereocenters. The van der Waals surface area contributed by atoms with Crippen molar-refractivity contribution in [3.8, 4) is 0 Å². The summed E-state index contributed by atoms with van der Waals surface area (Å²) in [7, 11) is 0. The maximum Gasteiger partial charge on any atom is 0.287 e. The molecule has 15 heavy (non-hydrogen) atoms. The standard InChI is InChI=1S/C9H18F2N2O2/c1-3-6(2)7(12)8(15)13-4-9(10,11)5-14/h6-7,14H,3-5,12H2,1-2H3,(H,13,15). The minimum atomic E-state index is -3.29. The van der Waals surface area contributed by atoms with Crippen molar-refractivity contribution in [1.29, 1.82) is 0 Å². The van der Waals surface area contributed by atoms with Crippen molar-refractivity contribution in [2.45, 2.75) is 32.2 Å². The van der Waals surface area contributed by atoms with Crippen molar-refractivity contribution in [3.63, 3.8) is 0 Å². The Hall–Kier alpha value is -0.750. The highest BCUT2D eigenvalue weighted by molar-refractivity contribution is 5.81. The largest absolute Gasteiger partial charge is 0.390 e. The molecule has 0 aliphatic carbocycles. The Morgan fingerprint density at radius 1 is 1.60 bits per heavy atom. The number of nitrogens with two attached hydrogens (primary N) is 1. The third kappa shape index (κ3) is 5.03. The van der Waals surface area contributed by atoms with Crippen molar-refractivity contribution < 1.29 is 18.7 Å². The monoisotopic (exact) mass is 224 g/mol. The number of hydrogen-bond donors (Lipinski definition) is 3. The molecule has 0 aliphatic rings. The molecule has 6 heteroatoms. The number of carbonyl (C=O) groups excluding carboxylic acids is 1. The fourth-order valence-electron chi connectivity index (χ4n) is 0.903. The average molecular weight is 224 g/mol. The summed E-state index contributed by atoms with van der Waals surface area (Å²) in [5.74, 6) is -3.96. The summed E-state index contributed by atoms with van der Waals surface area (Å²) in [6, 6.07) is -0.788. The van der Waals surface area contributed by atoms with E-state index in [0.29, 0.717) is 6.42 Å². The van der Waals surface area contributed by atoms with Crippen molar-refractivity contribution in [2.24, 2.45) is 11.7 Å². The zero-order chi connectivity index (χ0) is 12.1. The van der Waals surface area contributed by atoms with Crippen molar-refractivity contribution in [2.75, 3.05) is 13.2 Å². The van der Waals surface area contributed by atoms with Crippen LogP contribution in [0.1, 0.15) is 20.3 Å². The SMILES string of the molecule is CCC(C)C(N)C(=O)NCC(F)(F)CO. The number of carbonyl (C=O) groups is 1. The summed E-state index contributed by atoms with van der Waals surface area (Å²) in [6.07, 6.45) is 0.699. The summed E-state index contributed by atoms with van der Waals surface area (Å²) >= 11 is 0. The molecule has 0 spiro atoms. The lowest BCUT2D eigenvalue weighted by Crippen LogP contribution is -2.48. The van der Waals surface area contributed by atoms with Crippen LogP contribution in [0.3, 0.4) is 0 Å². The number of nitrogens with one attached hydrogen (secondary N) is 1. The molecule has 0 saturated carbocycles. The lowest BCUT2D eigenvalue weighted by molar-refractivity contribution is -0.126. The Kier molecular flexibility index (Phi) is 5.67. The highest BCUT2D eigenvalue weighted by Gasteiger charge is 2.29. The minimum absolute atomic E-state index is 0.0623. The second-order valence-corrected chi connectivity index (χ2v) is 3.64. The van der Waals surface area contributed by atoms with Crippen LogP contribution in [0.15, 0.2) is 0 Å². The zero-order valence-electron chi connectivity index (χ0n) is 8.96. The van der Waals surface area contributed by atoms with Gasteiger partial charge in [0.25, 0.3) is 5.92 Å². The van der Waals surface area contributed by atoms with Gasteiger partial charge in [0, 0.05) is 0 Å². The van der Waals surface area contributed by atoms with E-state index >= 15 is 0 Å². The highest BCUT2D eigenvalue weighted by Crippen LogP contribution is 2.10. The first-order valence-corrected chi connectivity index (χ1v) is 4.86. The second-order valence-electron chi connectivity index (χ2n) is 3.64. The molecule has 0 saturated heterocycles. The van der Waals surface area contributed by atoms with Crippen molar-refractivity contribution in [1.82, 2.24) is 5.32 Å². The average Bonchev–Trinajstić information content (AvgIpc) is 2.23. The number of rotatable bonds is 6. The lowest BCUT2D eigenvalue weighted by atomic mass is 9.99. The highest BCUT2D eigenvalue weighted by atomic mass is 19.3. The Balaban J connectivity index is 4.04. The van der Waals surface area contributed by atoms with Crippen LogP contribution in [0.5, 0.6) is 0 Å². The predicted octanol–water partition coefficient (Wildman–Crippen LogP) is 0.104. The molecular formula is C9H18F2N2O2. The van der Waals surface area contributed by atoms with Crippen LogP contribution >= 0.6 is 0 Å². The van der Waals surface area contributed by atoms with Crippen LogP contribution in [0, 0.1) is 5.92 Å². The van der Waals surface area contributed by atoms with E-state index in [1.165, 1.54) is 0 Å². The lowest BCUT2D eigenvalue weighted by Gasteiger charge is -2.20. The van der Waals surface area contributed by atoms with Crippen molar-refractivity contribution >= 4 is 5.91 Å². The van der Waals surface area contributed by atoms with E-state index in [1.807, 2.05) is 12.2 Å². The Morgan fingerprint density at radius 2 is 2.13 bits per heavy atom. The van der Waals surface area contributed by atoms with Crippen LogP contribution < -0.4 is 11.1 Å². The molecule has 0 aromatic carbocycles. The van der Waals surface area contributed by atoms with E-state index in [-0.39, 0.29) is 5.92 Å². The molecule has 0 radical (unpaired) electrons. The van der Waals surface area contributed by atoms with Crippen molar-refractivity contribution in [3.05, 3.63) is 0 Å². The molecule has 0 heterocycles. The zero-order valence-corrected chi connectivity index (χ0v) is 8.96. The quantitative estimate of drug-likeness (QED) is 0.599. The van der Waals surface area contributed by atoms with Gasteiger partial charge in [-0.05, 0) is 5.92 Å². The summed E-state index contributed by atoms with van der Waals surface area (Å²) < 4.78 is 25.1. The third-order valence-corrected chi connectivity index (χ3v) is 2.31. The summed E-state index contributed by atoms with van der Waals surface area (Å²) in [5, 5.41) is 10.3. The molecule has 0 aromatic heterocycles. The molecular weight excluding hydrogens is 206 g/mol. The van der Waals surface area contributed by atoms with Gasteiger partial charge in [-0.2, -0.15) is 0 Å².